The minimum absolute atomic E-state index is 0.000562. The normalized spacial score (nSPS) is 22.6. The zero-order chi connectivity index (χ0) is 24.8. The fraction of sp³-hybridized carbons (Fsp3) is 0.720. The summed E-state index contributed by atoms with van der Waals surface area (Å²) in [6.07, 6.45) is 10.4. The Morgan fingerprint density at radius 2 is 2.00 bits per heavy atom. The van der Waals surface area contributed by atoms with Gasteiger partial charge in [-0.1, -0.05) is 12.2 Å². The SMILES string of the molecule is CC1=CC(OCCCC2CCN(c3noc(C(C)(F)F)n3)CC2)CC=C1C(=O)NC1CCOCC1. The molecular weight excluding hydrogens is 458 g/mol. The van der Waals surface area contributed by atoms with Crippen LogP contribution in [0.5, 0.6) is 0 Å². The van der Waals surface area contributed by atoms with Crippen molar-refractivity contribution in [1.82, 2.24) is 15.5 Å². The third-order valence-corrected chi connectivity index (χ3v) is 6.99. The fourth-order valence-corrected chi connectivity index (χ4v) is 4.88. The van der Waals surface area contributed by atoms with Gasteiger partial charge >= 0.3 is 5.92 Å². The molecule has 194 valence electrons. The number of nitrogens with one attached hydrogen (secondary N) is 1. The van der Waals surface area contributed by atoms with Gasteiger partial charge in [-0.3, -0.25) is 4.79 Å². The number of hydrogen-bond acceptors (Lipinski definition) is 7. The Balaban J connectivity index is 1.12. The molecule has 1 aromatic heterocycles. The Kier molecular flexibility index (Phi) is 8.54. The number of carbonyl (C=O) groups excluding carboxylic acids is 1. The van der Waals surface area contributed by atoms with Crippen molar-refractivity contribution >= 4 is 11.9 Å². The number of piperidine rings is 1. The first-order chi connectivity index (χ1) is 16.8. The first-order valence-corrected chi connectivity index (χ1v) is 12.7. The molecule has 0 spiro atoms. The minimum atomic E-state index is -3.12. The van der Waals surface area contributed by atoms with Gasteiger partial charge in [0.2, 0.25) is 0 Å². The van der Waals surface area contributed by atoms with Crippen molar-refractivity contribution in [2.75, 3.05) is 37.8 Å². The van der Waals surface area contributed by atoms with Crippen LogP contribution in [0.3, 0.4) is 0 Å². The molecule has 1 amide bonds. The van der Waals surface area contributed by atoms with Crippen molar-refractivity contribution < 1.29 is 27.6 Å². The van der Waals surface area contributed by atoms with Crippen LogP contribution in [0, 0.1) is 5.92 Å². The van der Waals surface area contributed by atoms with Gasteiger partial charge in [0.05, 0.1) is 6.10 Å². The number of anilines is 1. The third kappa shape index (κ3) is 7.10. The number of amides is 1. The minimum Gasteiger partial charge on any atom is -0.381 e. The Hall–Kier alpha value is -2.33. The molecule has 35 heavy (non-hydrogen) atoms. The van der Waals surface area contributed by atoms with Gasteiger partial charge in [0.25, 0.3) is 17.7 Å². The number of nitrogens with zero attached hydrogens (tertiary/aromatic N) is 3. The average molecular weight is 495 g/mol. The molecule has 3 heterocycles. The Labute approximate surface area is 205 Å². The van der Waals surface area contributed by atoms with Crippen molar-refractivity contribution in [1.29, 1.82) is 0 Å². The van der Waals surface area contributed by atoms with E-state index in [1.165, 1.54) is 0 Å². The molecule has 0 aromatic carbocycles. The molecule has 0 bridgehead atoms. The maximum atomic E-state index is 13.3. The van der Waals surface area contributed by atoms with Crippen molar-refractivity contribution in [3.8, 4) is 0 Å². The van der Waals surface area contributed by atoms with Crippen molar-refractivity contribution in [2.45, 2.75) is 76.9 Å². The lowest BCUT2D eigenvalue weighted by Crippen LogP contribution is -2.40. The van der Waals surface area contributed by atoms with E-state index in [2.05, 4.69) is 21.5 Å². The van der Waals surface area contributed by atoms with E-state index in [1.54, 1.807) is 0 Å². The van der Waals surface area contributed by atoms with Gasteiger partial charge in [-0.25, -0.2) is 0 Å². The van der Waals surface area contributed by atoms with E-state index >= 15 is 0 Å². The quantitative estimate of drug-likeness (QED) is 0.516. The van der Waals surface area contributed by atoms with Crippen LogP contribution < -0.4 is 10.2 Å². The zero-order valence-corrected chi connectivity index (χ0v) is 20.6. The lowest BCUT2D eigenvalue weighted by atomic mass is 9.92. The second-order valence-corrected chi connectivity index (χ2v) is 9.83. The number of aromatic nitrogens is 2. The summed E-state index contributed by atoms with van der Waals surface area (Å²) in [7, 11) is 0. The van der Waals surface area contributed by atoms with Crippen LogP contribution in [0.4, 0.5) is 14.7 Å². The molecule has 1 aliphatic carbocycles. The van der Waals surface area contributed by atoms with Gasteiger partial charge in [-0.05, 0) is 68.5 Å². The van der Waals surface area contributed by atoms with Crippen LogP contribution in [0.1, 0.15) is 64.7 Å². The predicted molar refractivity (Wildman–Crippen MR) is 126 cm³/mol. The summed E-state index contributed by atoms with van der Waals surface area (Å²) >= 11 is 0. The number of alkyl halides is 2. The number of carbonyl (C=O) groups is 1. The molecule has 1 aromatic rings. The molecule has 4 rings (SSSR count). The maximum Gasteiger partial charge on any atom is 0.322 e. The Morgan fingerprint density at radius 1 is 1.26 bits per heavy atom. The van der Waals surface area contributed by atoms with Gasteiger partial charge in [-0.15, -0.1) is 0 Å². The number of ether oxygens (including phenoxy) is 2. The molecule has 2 fully saturated rings. The summed E-state index contributed by atoms with van der Waals surface area (Å²) in [5.74, 6) is -2.95. The summed E-state index contributed by atoms with van der Waals surface area (Å²) in [4.78, 5) is 18.4. The second-order valence-electron chi connectivity index (χ2n) is 9.83. The van der Waals surface area contributed by atoms with Crippen LogP contribution in [-0.2, 0) is 20.2 Å². The van der Waals surface area contributed by atoms with E-state index in [9.17, 15) is 13.6 Å². The van der Waals surface area contributed by atoms with Crippen LogP contribution in [-0.4, -0.2) is 61.1 Å². The molecule has 2 saturated heterocycles. The van der Waals surface area contributed by atoms with Crippen LogP contribution in [0.15, 0.2) is 27.8 Å². The summed E-state index contributed by atoms with van der Waals surface area (Å²) in [5.41, 5.74) is 1.71. The van der Waals surface area contributed by atoms with E-state index in [0.717, 1.165) is 69.7 Å². The largest absolute Gasteiger partial charge is 0.381 e. The molecule has 0 radical (unpaired) electrons. The van der Waals surface area contributed by atoms with E-state index in [1.807, 2.05) is 17.9 Å². The molecule has 1 unspecified atom stereocenters. The molecule has 3 aliphatic rings. The number of rotatable bonds is 9. The highest BCUT2D eigenvalue weighted by molar-refractivity contribution is 5.98. The summed E-state index contributed by atoms with van der Waals surface area (Å²) in [6.45, 7) is 6.26. The van der Waals surface area contributed by atoms with E-state index in [0.29, 0.717) is 32.2 Å². The maximum absolute atomic E-state index is 13.3. The third-order valence-electron chi connectivity index (χ3n) is 6.99. The van der Waals surface area contributed by atoms with Crippen LogP contribution >= 0.6 is 0 Å². The number of hydrogen-bond donors (Lipinski definition) is 1. The van der Waals surface area contributed by atoms with E-state index < -0.39 is 11.8 Å². The van der Waals surface area contributed by atoms with Crippen LogP contribution in [0.25, 0.3) is 0 Å². The standard InChI is InChI=1S/C25H36F2N4O4/c1-17-16-20(5-6-21(17)22(32)28-19-9-14-33-15-10-19)34-13-3-4-18-7-11-31(12-8-18)24-29-23(35-30-24)25(2,26)27/h6,16,18-20H,3-5,7-15H2,1-2H3,(H,28,32). The summed E-state index contributed by atoms with van der Waals surface area (Å²) in [5, 5.41) is 6.83. The molecule has 10 heteroatoms. The van der Waals surface area contributed by atoms with Gasteiger partial charge in [0, 0.05) is 51.4 Å². The van der Waals surface area contributed by atoms with Gasteiger partial charge in [-0.2, -0.15) is 13.8 Å². The topological polar surface area (TPSA) is 89.7 Å². The monoisotopic (exact) mass is 494 g/mol. The molecule has 2 aliphatic heterocycles. The highest BCUT2D eigenvalue weighted by atomic mass is 19.3. The lowest BCUT2D eigenvalue weighted by Gasteiger charge is -2.31. The highest BCUT2D eigenvalue weighted by Gasteiger charge is 2.33. The molecule has 1 atom stereocenters. The van der Waals surface area contributed by atoms with Crippen molar-refractivity contribution in [3.63, 3.8) is 0 Å². The van der Waals surface area contributed by atoms with E-state index in [-0.39, 0.29) is 24.0 Å². The van der Waals surface area contributed by atoms with Gasteiger partial charge in [0.1, 0.15) is 0 Å². The first kappa shape index (κ1) is 25.8. The summed E-state index contributed by atoms with van der Waals surface area (Å²) in [6, 6.07) is 0.191. The van der Waals surface area contributed by atoms with Crippen LogP contribution in [0.2, 0.25) is 0 Å². The molecule has 1 N–H and O–H groups in total. The Morgan fingerprint density at radius 3 is 2.66 bits per heavy atom. The Bertz CT molecular complexity index is 913. The fourth-order valence-electron chi connectivity index (χ4n) is 4.88. The van der Waals surface area contributed by atoms with Gasteiger partial charge in [0.15, 0.2) is 0 Å². The molecule has 0 saturated carbocycles. The van der Waals surface area contributed by atoms with Crippen molar-refractivity contribution in [3.05, 3.63) is 29.2 Å². The zero-order valence-electron chi connectivity index (χ0n) is 20.6. The second kappa shape index (κ2) is 11.6. The first-order valence-electron chi connectivity index (χ1n) is 12.7. The molecule has 8 nitrogen and oxygen atoms in total. The van der Waals surface area contributed by atoms with E-state index in [4.69, 9.17) is 14.0 Å². The lowest BCUT2D eigenvalue weighted by molar-refractivity contribution is -0.118. The predicted octanol–water partition coefficient (Wildman–Crippen LogP) is 4.13. The molecular formula is C25H36F2N4O4. The van der Waals surface area contributed by atoms with Gasteiger partial charge < -0.3 is 24.2 Å². The summed E-state index contributed by atoms with van der Waals surface area (Å²) < 4.78 is 42.7. The smallest absolute Gasteiger partial charge is 0.322 e. The average Bonchev–Trinajstić information content (AvgIpc) is 3.34. The number of halogens is 2. The van der Waals surface area contributed by atoms with Crippen molar-refractivity contribution in [2.24, 2.45) is 5.92 Å². The highest BCUT2D eigenvalue weighted by Crippen LogP contribution is 2.29.